The quantitative estimate of drug-likeness (QED) is 0.133. The van der Waals surface area contributed by atoms with Crippen LogP contribution in [0.15, 0.2) is 303 Å². The summed E-state index contributed by atoms with van der Waals surface area (Å²) in [6.07, 6.45) is 0. The summed E-state index contributed by atoms with van der Waals surface area (Å²) in [5.41, 5.74) is 23.6. The molecule has 75 heavy (non-hydrogen) atoms. The van der Waals surface area contributed by atoms with Crippen molar-refractivity contribution in [1.82, 2.24) is 4.57 Å². The maximum Gasteiger partial charge on any atom is 0.0713 e. The van der Waals surface area contributed by atoms with Crippen molar-refractivity contribution in [2.45, 2.75) is 5.41 Å². The van der Waals surface area contributed by atoms with Crippen LogP contribution in [0.4, 0.5) is 17.1 Å². The molecule has 1 aromatic heterocycles. The van der Waals surface area contributed by atoms with E-state index in [1.807, 2.05) is 0 Å². The Bertz CT molecular complexity index is 4080. The molecule has 0 amide bonds. The Morgan fingerprint density at radius 1 is 0.253 bits per heavy atom. The summed E-state index contributed by atoms with van der Waals surface area (Å²) in [5.74, 6) is 0. The Morgan fingerprint density at radius 2 is 0.627 bits per heavy atom. The predicted octanol–water partition coefficient (Wildman–Crippen LogP) is 19.3. The fourth-order valence-electron chi connectivity index (χ4n) is 12.0. The zero-order chi connectivity index (χ0) is 49.7. The van der Waals surface area contributed by atoms with Crippen LogP contribution in [0.2, 0.25) is 0 Å². The highest BCUT2D eigenvalue weighted by molar-refractivity contribution is 6.09. The number of aromatic nitrogens is 1. The van der Waals surface area contributed by atoms with Gasteiger partial charge >= 0.3 is 0 Å². The van der Waals surface area contributed by atoms with E-state index in [1.165, 1.54) is 99.8 Å². The van der Waals surface area contributed by atoms with Crippen LogP contribution >= 0.6 is 0 Å². The molecule has 0 spiro atoms. The van der Waals surface area contributed by atoms with Gasteiger partial charge in [-0.1, -0.05) is 243 Å². The number of nitrogens with zero attached hydrogens (tertiary/aromatic N) is 2. The summed E-state index contributed by atoms with van der Waals surface area (Å²) in [5, 5.41) is 2.52. The fraction of sp³-hybridized carbons (Fsp3) is 0.0137. The first-order valence-corrected chi connectivity index (χ1v) is 25.9. The first-order chi connectivity index (χ1) is 37.2. The van der Waals surface area contributed by atoms with E-state index in [0.29, 0.717) is 0 Å². The monoisotopic (exact) mass is 954 g/mol. The van der Waals surface area contributed by atoms with Gasteiger partial charge in [0.2, 0.25) is 0 Å². The highest BCUT2D eigenvalue weighted by Gasteiger charge is 2.46. The van der Waals surface area contributed by atoms with Crippen molar-refractivity contribution in [2.75, 3.05) is 4.90 Å². The normalized spacial score (nSPS) is 12.4. The van der Waals surface area contributed by atoms with Crippen molar-refractivity contribution in [3.8, 4) is 61.3 Å². The molecule has 0 atom stereocenters. The highest BCUT2D eigenvalue weighted by Crippen LogP contribution is 2.57. The number of anilines is 3. The Balaban J connectivity index is 0.812. The van der Waals surface area contributed by atoms with Crippen LogP contribution in [0.3, 0.4) is 0 Å². The minimum atomic E-state index is -0.457. The van der Waals surface area contributed by atoms with Gasteiger partial charge < -0.3 is 9.47 Å². The molecule has 0 aliphatic heterocycles. The summed E-state index contributed by atoms with van der Waals surface area (Å²) in [4.78, 5) is 2.37. The molecule has 2 nitrogen and oxygen atoms in total. The summed E-state index contributed by atoms with van der Waals surface area (Å²) >= 11 is 0. The largest absolute Gasteiger partial charge is 0.311 e. The van der Waals surface area contributed by atoms with Gasteiger partial charge in [0, 0.05) is 33.4 Å². The Hall–Kier alpha value is -9.76. The van der Waals surface area contributed by atoms with E-state index >= 15 is 0 Å². The lowest BCUT2D eigenvalue weighted by Gasteiger charge is -2.34. The van der Waals surface area contributed by atoms with Gasteiger partial charge in [-0.05, 0) is 133 Å². The summed E-state index contributed by atoms with van der Waals surface area (Å²) < 4.78 is 2.41. The lowest BCUT2D eigenvalue weighted by molar-refractivity contribution is 0.769. The highest BCUT2D eigenvalue weighted by atomic mass is 15.1. The number of benzene rings is 12. The lowest BCUT2D eigenvalue weighted by atomic mass is 9.67. The van der Waals surface area contributed by atoms with Gasteiger partial charge in [0.25, 0.3) is 0 Å². The van der Waals surface area contributed by atoms with E-state index in [-0.39, 0.29) is 0 Å². The van der Waals surface area contributed by atoms with Crippen molar-refractivity contribution in [1.29, 1.82) is 0 Å². The van der Waals surface area contributed by atoms with Gasteiger partial charge in [-0.2, -0.15) is 0 Å². The molecule has 0 bridgehead atoms. The standard InChI is InChI=1S/C73H50N2/c1-4-18-51(19-5-1)53-36-43-60(44-37-53)74(61-45-38-54(39-46-61)52-32-34-56(35-33-52)63-24-11-15-29-70(63)75-71-30-16-12-26-66(71)67-27-13-17-31-72(67)75)62-47-40-55(41-48-62)57-42-49-65-64-25-10-14-28-68(64)73(69(65)50-57,58-20-6-2-7-21-58)59-22-8-3-9-23-59/h1-50H. The van der Waals surface area contributed by atoms with Crippen LogP contribution < -0.4 is 4.90 Å². The van der Waals surface area contributed by atoms with Crippen molar-refractivity contribution in [3.05, 3.63) is 326 Å². The predicted molar refractivity (Wildman–Crippen MR) is 315 cm³/mol. The molecular formula is C73H50N2. The first kappa shape index (κ1) is 44.0. The Kier molecular flexibility index (Phi) is 10.8. The maximum absolute atomic E-state index is 2.44. The molecule has 1 aliphatic rings. The summed E-state index contributed by atoms with van der Waals surface area (Å²) in [7, 11) is 0. The number of hydrogen-bond donors (Lipinski definition) is 0. The molecule has 0 saturated heterocycles. The number of fused-ring (bicyclic) bond motifs is 6. The second kappa shape index (κ2) is 18.4. The van der Waals surface area contributed by atoms with Crippen LogP contribution in [-0.2, 0) is 5.41 Å². The first-order valence-electron chi connectivity index (χ1n) is 25.9. The minimum absolute atomic E-state index is 0.457. The van der Waals surface area contributed by atoms with Crippen LogP contribution in [0.1, 0.15) is 22.3 Å². The molecule has 352 valence electrons. The second-order valence-electron chi connectivity index (χ2n) is 19.6. The third-order valence-electron chi connectivity index (χ3n) is 15.5. The van der Waals surface area contributed by atoms with E-state index in [4.69, 9.17) is 0 Å². The van der Waals surface area contributed by atoms with Crippen molar-refractivity contribution in [2.24, 2.45) is 0 Å². The molecule has 0 saturated carbocycles. The molecule has 13 aromatic rings. The minimum Gasteiger partial charge on any atom is -0.311 e. The van der Waals surface area contributed by atoms with Crippen LogP contribution in [0.5, 0.6) is 0 Å². The molecule has 1 aliphatic carbocycles. The molecule has 12 aromatic carbocycles. The molecule has 0 radical (unpaired) electrons. The van der Waals surface area contributed by atoms with Gasteiger partial charge in [-0.3, -0.25) is 0 Å². The average molecular weight is 955 g/mol. The smallest absolute Gasteiger partial charge is 0.0713 e. The molecule has 2 heteroatoms. The van der Waals surface area contributed by atoms with E-state index in [2.05, 4.69) is 313 Å². The van der Waals surface area contributed by atoms with Crippen molar-refractivity contribution >= 4 is 38.9 Å². The molecule has 0 unspecified atom stereocenters. The molecule has 14 rings (SSSR count). The van der Waals surface area contributed by atoms with Crippen molar-refractivity contribution < 1.29 is 0 Å². The number of rotatable bonds is 10. The molecular weight excluding hydrogens is 905 g/mol. The van der Waals surface area contributed by atoms with Crippen LogP contribution in [0, 0.1) is 0 Å². The maximum atomic E-state index is 2.44. The summed E-state index contributed by atoms with van der Waals surface area (Å²) in [6, 6.07) is 111. The Morgan fingerprint density at radius 3 is 1.17 bits per heavy atom. The SMILES string of the molecule is c1ccc(-c2ccc(N(c3ccc(-c4ccc(-c5ccccc5-n5c6ccccc6c6ccccc65)cc4)cc3)c3ccc(-c4ccc5c(c4)C(c4ccccc4)(c4ccccc4)c4ccccc4-5)cc3)cc2)cc1. The van der Waals surface area contributed by atoms with Crippen molar-refractivity contribution in [3.63, 3.8) is 0 Å². The van der Waals surface area contributed by atoms with Gasteiger partial charge in [0.05, 0.1) is 22.1 Å². The number of hydrogen-bond acceptors (Lipinski definition) is 1. The van der Waals surface area contributed by atoms with Crippen LogP contribution in [0.25, 0.3) is 83.1 Å². The molecule has 0 fully saturated rings. The lowest BCUT2D eigenvalue weighted by Crippen LogP contribution is -2.28. The van der Waals surface area contributed by atoms with Gasteiger partial charge in [0.1, 0.15) is 0 Å². The zero-order valence-electron chi connectivity index (χ0n) is 41.3. The number of para-hydroxylation sites is 3. The van der Waals surface area contributed by atoms with E-state index < -0.39 is 5.41 Å². The van der Waals surface area contributed by atoms with E-state index in [9.17, 15) is 0 Å². The topological polar surface area (TPSA) is 8.17 Å². The van der Waals surface area contributed by atoms with Gasteiger partial charge in [-0.25, -0.2) is 0 Å². The summed E-state index contributed by atoms with van der Waals surface area (Å²) in [6.45, 7) is 0. The fourth-order valence-corrected chi connectivity index (χ4v) is 12.0. The zero-order valence-corrected chi connectivity index (χ0v) is 41.3. The molecule has 0 N–H and O–H groups in total. The molecule has 1 heterocycles. The van der Waals surface area contributed by atoms with Gasteiger partial charge in [-0.15, -0.1) is 0 Å². The average Bonchev–Trinajstić information content (AvgIpc) is 4.01. The van der Waals surface area contributed by atoms with Gasteiger partial charge in [0.15, 0.2) is 0 Å². The van der Waals surface area contributed by atoms with E-state index in [1.54, 1.807) is 0 Å². The van der Waals surface area contributed by atoms with E-state index in [0.717, 1.165) is 22.6 Å². The third kappa shape index (κ3) is 7.41. The third-order valence-corrected chi connectivity index (χ3v) is 15.5. The second-order valence-corrected chi connectivity index (χ2v) is 19.6. The van der Waals surface area contributed by atoms with Crippen LogP contribution in [-0.4, -0.2) is 4.57 Å². The Labute approximate surface area is 438 Å².